The van der Waals surface area contributed by atoms with Crippen LogP contribution in [0.1, 0.15) is 59.3 Å². The quantitative estimate of drug-likeness (QED) is 0.540. The summed E-state index contributed by atoms with van der Waals surface area (Å²) in [5.74, 6) is 1.30. The maximum absolute atomic E-state index is 7.56. The largest absolute Gasteiger partial charge is 0.387 e. The highest BCUT2D eigenvalue weighted by atomic mass is 15.1. The molecule has 1 heterocycles. The second-order valence-corrected chi connectivity index (χ2v) is 6.47. The zero-order valence-corrected chi connectivity index (χ0v) is 12.5. The molecule has 0 aliphatic carbocycles. The van der Waals surface area contributed by atoms with Gasteiger partial charge in [0.05, 0.1) is 5.84 Å². The molecule has 1 aliphatic rings. The normalized spacial score (nSPS) is 19.1. The Kier molecular flexibility index (Phi) is 6.13. The monoisotopic (exact) mass is 253 g/mol. The first-order valence-electron chi connectivity index (χ1n) is 7.52. The van der Waals surface area contributed by atoms with Crippen molar-refractivity contribution in [2.45, 2.75) is 59.3 Å². The van der Waals surface area contributed by atoms with Crippen LogP contribution in [-0.2, 0) is 0 Å². The van der Waals surface area contributed by atoms with Gasteiger partial charge in [-0.3, -0.25) is 5.41 Å². The van der Waals surface area contributed by atoms with Crippen molar-refractivity contribution in [1.82, 2.24) is 4.90 Å². The van der Waals surface area contributed by atoms with Crippen LogP contribution in [0.15, 0.2) is 0 Å². The van der Waals surface area contributed by atoms with Crippen LogP contribution in [0.2, 0.25) is 0 Å². The lowest BCUT2D eigenvalue weighted by Crippen LogP contribution is -2.36. The lowest BCUT2D eigenvalue weighted by atomic mass is 9.86. The number of nitrogens with zero attached hydrogens (tertiary/aromatic N) is 1. The van der Waals surface area contributed by atoms with Gasteiger partial charge < -0.3 is 10.6 Å². The Morgan fingerprint density at radius 1 is 1.33 bits per heavy atom. The van der Waals surface area contributed by atoms with E-state index in [4.69, 9.17) is 11.1 Å². The lowest BCUT2D eigenvalue weighted by molar-refractivity contribution is 0.172. The SMILES string of the molecule is CCCC1CCN(CCCC(C)(C)C(=N)N)CC1. The van der Waals surface area contributed by atoms with Gasteiger partial charge in [-0.05, 0) is 51.2 Å². The second kappa shape index (κ2) is 7.13. The molecular formula is C15H31N3. The summed E-state index contributed by atoms with van der Waals surface area (Å²) < 4.78 is 0. The third-order valence-corrected chi connectivity index (χ3v) is 4.41. The Hall–Kier alpha value is -0.570. The molecule has 0 saturated carbocycles. The van der Waals surface area contributed by atoms with Crippen LogP contribution in [-0.4, -0.2) is 30.4 Å². The Morgan fingerprint density at radius 2 is 1.94 bits per heavy atom. The minimum atomic E-state index is -0.124. The van der Waals surface area contributed by atoms with E-state index >= 15 is 0 Å². The summed E-state index contributed by atoms with van der Waals surface area (Å²) in [4.78, 5) is 2.59. The minimum absolute atomic E-state index is 0.124. The Bertz CT molecular complexity index is 252. The summed E-state index contributed by atoms with van der Waals surface area (Å²) in [5.41, 5.74) is 5.49. The van der Waals surface area contributed by atoms with Crippen LogP contribution in [0.3, 0.4) is 0 Å². The molecule has 1 saturated heterocycles. The molecule has 3 heteroatoms. The molecule has 1 aliphatic heterocycles. The predicted molar refractivity (Wildman–Crippen MR) is 79.0 cm³/mol. The summed E-state index contributed by atoms with van der Waals surface area (Å²) in [6, 6.07) is 0. The van der Waals surface area contributed by atoms with E-state index in [9.17, 15) is 0 Å². The van der Waals surface area contributed by atoms with Gasteiger partial charge in [0.15, 0.2) is 0 Å². The van der Waals surface area contributed by atoms with Crippen molar-refractivity contribution in [3.05, 3.63) is 0 Å². The van der Waals surface area contributed by atoms with Gasteiger partial charge in [-0.25, -0.2) is 0 Å². The van der Waals surface area contributed by atoms with Crippen LogP contribution in [0.5, 0.6) is 0 Å². The molecule has 0 aromatic carbocycles. The van der Waals surface area contributed by atoms with E-state index in [1.807, 2.05) is 0 Å². The highest BCUT2D eigenvalue weighted by Crippen LogP contribution is 2.24. The molecule has 0 amide bonds. The number of piperidine rings is 1. The number of amidine groups is 1. The van der Waals surface area contributed by atoms with Gasteiger partial charge >= 0.3 is 0 Å². The van der Waals surface area contributed by atoms with E-state index in [1.54, 1.807) is 0 Å². The summed E-state index contributed by atoms with van der Waals surface area (Å²) in [5, 5.41) is 7.56. The molecule has 3 N–H and O–H groups in total. The maximum atomic E-state index is 7.56. The fourth-order valence-corrected chi connectivity index (χ4v) is 2.79. The van der Waals surface area contributed by atoms with Crippen molar-refractivity contribution >= 4 is 5.84 Å². The van der Waals surface area contributed by atoms with Crippen molar-refractivity contribution in [3.63, 3.8) is 0 Å². The van der Waals surface area contributed by atoms with Crippen molar-refractivity contribution < 1.29 is 0 Å². The smallest absolute Gasteiger partial charge is 0.0963 e. The summed E-state index contributed by atoms with van der Waals surface area (Å²) in [6.07, 6.45) is 7.68. The van der Waals surface area contributed by atoms with Crippen LogP contribution < -0.4 is 5.73 Å². The van der Waals surface area contributed by atoms with Gasteiger partial charge in [0.1, 0.15) is 0 Å². The Labute approximate surface area is 113 Å². The van der Waals surface area contributed by atoms with Crippen molar-refractivity contribution in [1.29, 1.82) is 5.41 Å². The van der Waals surface area contributed by atoms with Gasteiger partial charge in [-0.1, -0.05) is 33.6 Å². The first-order chi connectivity index (χ1) is 8.45. The fourth-order valence-electron chi connectivity index (χ4n) is 2.79. The van der Waals surface area contributed by atoms with Gasteiger partial charge in [0.25, 0.3) is 0 Å². The van der Waals surface area contributed by atoms with Crippen molar-refractivity contribution in [3.8, 4) is 0 Å². The third kappa shape index (κ3) is 4.97. The third-order valence-electron chi connectivity index (χ3n) is 4.41. The molecule has 106 valence electrons. The number of hydrogen-bond acceptors (Lipinski definition) is 2. The van der Waals surface area contributed by atoms with E-state index in [0.717, 1.165) is 18.8 Å². The van der Waals surface area contributed by atoms with E-state index < -0.39 is 0 Å². The second-order valence-electron chi connectivity index (χ2n) is 6.47. The molecule has 0 radical (unpaired) electrons. The first kappa shape index (κ1) is 15.5. The molecule has 18 heavy (non-hydrogen) atoms. The number of nitrogens with two attached hydrogens (primary N) is 1. The van der Waals surface area contributed by atoms with Crippen LogP contribution in [0.25, 0.3) is 0 Å². The molecule has 3 nitrogen and oxygen atoms in total. The molecule has 0 aromatic rings. The zero-order chi connectivity index (χ0) is 13.6. The highest BCUT2D eigenvalue weighted by molar-refractivity contribution is 5.82. The van der Waals surface area contributed by atoms with Crippen molar-refractivity contribution in [2.24, 2.45) is 17.1 Å². The maximum Gasteiger partial charge on any atom is 0.0963 e. The zero-order valence-electron chi connectivity index (χ0n) is 12.5. The van der Waals surface area contributed by atoms with E-state index in [0.29, 0.717) is 5.84 Å². The van der Waals surface area contributed by atoms with Crippen molar-refractivity contribution in [2.75, 3.05) is 19.6 Å². The van der Waals surface area contributed by atoms with Gasteiger partial charge in [-0.2, -0.15) is 0 Å². The molecule has 0 atom stereocenters. The van der Waals surface area contributed by atoms with Crippen LogP contribution in [0, 0.1) is 16.7 Å². The van der Waals surface area contributed by atoms with E-state index in [1.165, 1.54) is 45.3 Å². The number of hydrogen-bond donors (Lipinski definition) is 2. The lowest BCUT2D eigenvalue weighted by Gasteiger charge is -2.32. The molecular weight excluding hydrogens is 222 g/mol. The van der Waals surface area contributed by atoms with Crippen LogP contribution in [0.4, 0.5) is 0 Å². The average Bonchev–Trinajstić information content (AvgIpc) is 2.31. The Morgan fingerprint density at radius 3 is 2.44 bits per heavy atom. The molecule has 1 rings (SSSR count). The molecule has 0 aromatic heterocycles. The van der Waals surface area contributed by atoms with Gasteiger partial charge in [0, 0.05) is 5.41 Å². The number of rotatable bonds is 7. The highest BCUT2D eigenvalue weighted by Gasteiger charge is 2.22. The minimum Gasteiger partial charge on any atom is -0.387 e. The molecule has 0 bridgehead atoms. The summed E-state index contributed by atoms with van der Waals surface area (Å²) >= 11 is 0. The summed E-state index contributed by atoms with van der Waals surface area (Å²) in [7, 11) is 0. The number of likely N-dealkylation sites (tertiary alicyclic amines) is 1. The standard InChI is InChI=1S/C15H31N3/c1-4-6-13-7-11-18(12-8-13)10-5-9-15(2,3)14(16)17/h13H,4-12H2,1-3H3,(H3,16,17). The van der Waals surface area contributed by atoms with E-state index in [2.05, 4.69) is 25.7 Å². The summed E-state index contributed by atoms with van der Waals surface area (Å²) in [6.45, 7) is 10.1. The van der Waals surface area contributed by atoms with E-state index in [-0.39, 0.29) is 5.41 Å². The first-order valence-corrected chi connectivity index (χ1v) is 7.52. The number of nitrogens with one attached hydrogen (secondary N) is 1. The topological polar surface area (TPSA) is 53.1 Å². The Balaban J connectivity index is 2.16. The van der Waals surface area contributed by atoms with Gasteiger partial charge in [-0.15, -0.1) is 0 Å². The van der Waals surface area contributed by atoms with Crippen LogP contribution >= 0.6 is 0 Å². The molecule has 0 unspecified atom stereocenters. The fraction of sp³-hybridized carbons (Fsp3) is 0.933. The average molecular weight is 253 g/mol. The predicted octanol–water partition coefficient (Wildman–Crippen LogP) is 3.24. The molecule has 0 spiro atoms. The molecule has 1 fully saturated rings. The van der Waals surface area contributed by atoms with Gasteiger partial charge in [0.2, 0.25) is 0 Å².